The smallest absolute Gasteiger partial charge is 0.396 e. The first-order valence-electron chi connectivity index (χ1n) is 15.1. The predicted molar refractivity (Wildman–Crippen MR) is 150 cm³/mol. The van der Waals surface area contributed by atoms with E-state index >= 15 is 0 Å². The van der Waals surface area contributed by atoms with Gasteiger partial charge in [-0.1, -0.05) is 30.3 Å². The number of likely N-dealkylation sites (tertiary alicyclic amines) is 1. The fourth-order valence-electron chi connectivity index (χ4n) is 8.15. The van der Waals surface area contributed by atoms with Gasteiger partial charge in [0.25, 0.3) is 0 Å². The number of carbonyl (C=O) groups is 1. The second kappa shape index (κ2) is 10.4. The minimum Gasteiger partial charge on any atom is -0.396 e. The number of benzene rings is 2. The summed E-state index contributed by atoms with van der Waals surface area (Å²) in [6.07, 6.45) is -6.89. The summed E-state index contributed by atoms with van der Waals surface area (Å²) in [7, 11) is -4.37. The van der Waals surface area contributed by atoms with Gasteiger partial charge >= 0.3 is 18.0 Å². The zero-order chi connectivity index (χ0) is 32.7. The molecule has 13 heteroatoms. The third-order valence-corrected chi connectivity index (χ3v) is 13.7. The van der Waals surface area contributed by atoms with Gasteiger partial charge in [0.15, 0.2) is 9.84 Å². The van der Waals surface area contributed by atoms with Crippen molar-refractivity contribution in [3.63, 3.8) is 0 Å². The van der Waals surface area contributed by atoms with Crippen LogP contribution in [0.2, 0.25) is 0 Å². The van der Waals surface area contributed by atoms with Crippen molar-refractivity contribution < 1.29 is 49.1 Å². The predicted octanol–water partition coefficient (Wildman–Crippen LogP) is 6.70. The minimum atomic E-state index is -6.32. The molecule has 2 aromatic rings. The number of rotatable bonds is 6. The molecule has 7 rings (SSSR count). The van der Waals surface area contributed by atoms with Gasteiger partial charge < -0.3 is 10.0 Å². The van der Waals surface area contributed by atoms with Crippen molar-refractivity contribution in [3.05, 3.63) is 64.7 Å². The molecule has 5 aliphatic rings. The van der Waals surface area contributed by atoms with Crippen LogP contribution in [-0.4, -0.2) is 56.4 Å². The summed E-state index contributed by atoms with van der Waals surface area (Å²) < 4.78 is 123. The lowest BCUT2D eigenvalue weighted by atomic mass is 9.53. The van der Waals surface area contributed by atoms with Crippen LogP contribution in [0, 0.1) is 10.8 Å². The Labute approximate surface area is 256 Å². The molecular weight excluding hydrogens is 627 g/mol. The Morgan fingerprint density at radius 1 is 0.800 bits per heavy atom. The number of sulfone groups is 1. The van der Waals surface area contributed by atoms with Crippen molar-refractivity contribution in [1.29, 1.82) is 0 Å². The van der Waals surface area contributed by atoms with E-state index in [1.54, 1.807) is 12.1 Å². The number of aliphatic hydroxyl groups excluding tert-OH is 1. The zero-order valence-corrected chi connectivity index (χ0v) is 25.2. The van der Waals surface area contributed by atoms with E-state index in [0.29, 0.717) is 57.1 Å². The van der Waals surface area contributed by atoms with E-state index in [2.05, 4.69) is 0 Å². The van der Waals surface area contributed by atoms with Gasteiger partial charge in [0, 0.05) is 30.7 Å². The lowest BCUT2D eigenvalue weighted by Gasteiger charge is -2.52. The molecule has 1 atom stereocenters. The molecule has 0 aromatic heterocycles. The van der Waals surface area contributed by atoms with Crippen LogP contribution < -0.4 is 0 Å². The van der Waals surface area contributed by atoms with Crippen LogP contribution in [0.5, 0.6) is 0 Å². The van der Waals surface area contributed by atoms with Gasteiger partial charge in [-0.2, -0.15) is 26.3 Å². The summed E-state index contributed by atoms with van der Waals surface area (Å²) in [6, 6.07) is 7.05. The van der Waals surface area contributed by atoms with Crippen LogP contribution in [-0.2, 0) is 37.9 Å². The summed E-state index contributed by atoms with van der Waals surface area (Å²) in [5, 5.41) is 9.90. The van der Waals surface area contributed by atoms with Crippen molar-refractivity contribution in [3.8, 4) is 0 Å². The highest BCUT2D eigenvalue weighted by Gasteiger charge is 2.73. The van der Waals surface area contributed by atoms with Crippen LogP contribution in [0.3, 0.4) is 0 Å². The van der Waals surface area contributed by atoms with Crippen LogP contribution in [0.4, 0.5) is 30.7 Å². The number of amides is 1. The van der Waals surface area contributed by atoms with Crippen molar-refractivity contribution >= 4 is 15.7 Å². The molecule has 3 saturated carbocycles. The highest BCUT2D eigenvalue weighted by molar-refractivity contribution is 7.92. The monoisotopic (exact) mass is 661 g/mol. The average molecular weight is 662 g/mol. The number of aliphatic hydroxyl groups is 1. The van der Waals surface area contributed by atoms with Gasteiger partial charge in [0.2, 0.25) is 5.91 Å². The second-order valence-corrected chi connectivity index (χ2v) is 15.7. The Morgan fingerprint density at radius 2 is 1.38 bits per heavy atom. The maximum Gasteiger partial charge on any atom is 0.435 e. The molecule has 1 unspecified atom stereocenters. The third-order valence-electron chi connectivity index (χ3n) is 11.2. The van der Waals surface area contributed by atoms with Crippen LogP contribution in [0.15, 0.2) is 47.4 Å². The van der Waals surface area contributed by atoms with Crippen LogP contribution >= 0.6 is 0 Å². The molecule has 0 spiro atoms. The Bertz CT molecular complexity index is 1560. The maximum absolute atomic E-state index is 14.8. The third kappa shape index (κ3) is 4.72. The summed E-state index contributed by atoms with van der Waals surface area (Å²) >= 11 is 0. The second-order valence-electron chi connectivity index (χ2n) is 13.4. The molecule has 45 heavy (non-hydrogen) atoms. The molecule has 1 amide bonds. The van der Waals surface area contributed by atoms with Gasteiger partial charge in [-0.3, -0.25) is 4.79 Å². The fraction of sp³-hybridized carbons (Fsp3) is 0.594. The fourth-order valence-corrected chi connectivity index (χ4v) is 10.3. The molecule has 1 aliphatic heterocycles. The number of carbonyl (C=O) groups excluding carboxylic acids is 1. The van der Waals surface area contributed by atoms with Crippen LogP contribution in [0.25, 0.3) is 0 Å². The van der Waals surface area contributed by atoms with Gasteiger partial charge in [-0.25, -0.2) is 12.8 Å². The Kier molecular flexibility index (Phi) is 7.47. The van der Waals surface area contributed by atoms with E-state index in [4.69, 9.17) is 0 Å². The Hall–Kier alpha value is -2.67. The van der Waals surface area contributed by atoms with Gasteiger partial charge in [-0.05, 0) is 98.4 Å². The largest absolute Gasteiger partial charge is 0.435 e. The van der Waals surface area contributed by atoms with Gasteiger partial charge in [-0.15, -0.1) is 0 Å². The van der Waals surface area contributed by atoms with Crippen molar-refractivity contribution in [2.75, 3.05) is 19.7 Å². The molecule has 2 bridgehead atoms. The molecule has 1 heterocycles. The molecule has 2 aromatic carbocycles. The van der Waals surface area contributed by atoms with E-state index in [-0.39, 0.29) is 47.9 Å². The minimum absolute atomic E-state index is 0.00972. The topological polar surface area (TPSA) is 74.7 Å². The first-order valence-corrected chi connectivity index (χ1v) is 16.6. The van der Waals surface area contributed by atoms with E-state index in [0.717, 1.165) is 36.1 Å². The van der Waals surface area contributed by atoms with E-state index < -0.39 is 43.6 Å². The van der Waals surface area contributed by atoms with Crippen molar-refractivity contribution in [2.45, 2.75) is 91.9 Å². The number of halogens is 7. The Balaban J connectivity index is 1.41. The SMILES string of the molecule is O=C(N1CCC(c2ccc(C(F)(C(F)(F)F)C(F)(F)F)cc2)(S(=O)(=O)c2ccc3c(c2)CCC3)C1)C12CCC(CO)(CC1)CC2. The molecular formula is C32H34F7NO4S. The number of hydrogen-bond acceptors (Lipinski definition) is 4. The summed E-state index contributed by atoms with van der Waals surface area (Å²) in [6.45, 7) is -0.311. The zero-order valence-electron chi connectivity index (χ0n) is 24.4. The quantitative estimate of drug-likeness (QED) is 0.350. The number of hydrogen-bond donors (Lipinski definition) is 1. The normalized spacial score (nSPS) is 28.8. The van der Waals surface area contributed by atoms with Crippen molar-refractivity contribution in [2.24, 2.45) is 10.8 Å². The number of nitrogens with zero attached hydrogens (tertiary/aromatic N) is 1. The summed E-state index contributed by atoms with van der Waals surface area (Å²) in [5.41, 5.74) is -6.57. The van der Waals surface area contributed by atoms with Crippen molar-refractivity contribution in [1.82, 2.24) is 4.90 Å². The molecule has 5 nitrogen and oxygen atoms in total. The molecule has 246 valence electrons. The van der Waals surface area contributed by atoms with Gasteiger partial charge in [0.05, 0.1) is 4.90 Å². The van der Waals surface area contributed by atoms with E-state index in [1.165, 1.54) is 11.0 Å². The summed E-state index contributed by atoms with van der Waals surface area (Å²) in [5.74, 6) is -0.228. The molecule has 0 radical (unpaired) electrons. The number of fused-ring (bicyclic) bond motifs is 4. The first kappa shape index (κ1) is 32.3. The number of alkyl halides is 7. The maximum atomic E-state index is 14.8. The van der Waals surface area contributed by atoms with E-state index in [9.17, 15) is 49.1 Å². The lowest BCUT2D eigenvalue weighted by Crippen LogP contribution is -2.52. The lowest BCUT2D eigenvalue weighted by molar-refractivity contribution is -0.348. The van der Waals surface area contributed by atoms with Crippen LogP contribution in [0.1, 0.15) is 73.6 Å². The highest BCUT2D eigenvalue weighted by Crippen LogP contribution is 2.58. The first-order chi connectivity index (χ1) is 20.9. The number of aryl methyl sites for hydroxylation is 2. The summed E-state index contributed by atoms with van der Waals surface area (Å²) in [4.78, 5) is 15.5. The molecule has 4 fully saturated rings. The average Bonchev–Trinajstić information content (AvgIpc) is 3.68. The van der Waals surface area contributed by atoms with Gasteiger partial charge in [0.1, 0.15) is 4.75 Å². The molecule has 4 aliphatic carbocycles. The molecule has 1 N–H and O–H groups in total. The Morgan fingerprint density at radius 3 is 1.93 bits per heavy atom. The molecule has 1 saturated heterocycles. The van der Waals surface area contributed by atoms with E-state index in [1.807, 2.05) is 0 Å². The highest BCUT2D eigenvalue weighted by atomic mass is 32.2. The standard InChI is InChI=1S/C32H34F7NO4S/c33-30(31(34,35)36,32(37,38)39)24-7-5-23(6-8-24)29(45(43,44)25-9-4-21-2-1-3-22(21)18-25)16-17-40(19-29)26(42)28-13-10-27(20-41,11-14-28)12-15-28/h4-9,18,41H,1-3,10-17,19-20H2.